The highest BCUT2D eigenvalue weighted by Gasteiger charge is 2.18. The van der Waals surface area contributed by atoms with Crippen LogP contribution < -0.4 is 20.1 Å². The fourth-order valence-corrected chi connectivity index (χ4v) is 3.94. The van der Waals surface area contributed by atoms with Crippen LogP contribution in [0.15, 0.2) is 42.5 Å². The molecule has 4 rings (SSSR count). The number of carbonyl (C=O) groups excluding carboxylic acids is 2. The average molecular weight is 408 g/mol. The van der Waals surface area contributed by atoms with Crippen molar-refractivity contribution in [2.24, 2.45) is 0 Å². The highest BCUT2D eigenvalue weighted by Crippen LogP contribution is 2.30. The molecule has 1 fully saturated rings. The van der Waals surface area contributed by atoms with Gasteiger partial charge in [0.1, 0.15) is 11.5 Å². The summed E-state index contributed by atoms with van der Waals surface area (Å²) in [5, 5.41) is 5.83. The van der Waals surface area contributed by atoms with Gasteiger partial charge in [0.15, 0.2) is 0 Å². The summed E-state index contributed by atoms with van der Waals surface area (Å²) in [4.78, 5) is 23.8. The summed E-state index contributed by atoms with van der Waals surface area (Å²) in [6.45, 7) is 0.457. The number of para-hydroxylation sites is 2. The summed E-state index contributed by atoms with van der Waals surface area (Å²) in [6.07, 6.45) is 7.04. The molecule has 0 saturated heterocycles. The topological polar surface area (TPSA) is 76.7 Å². The standard InChI is InChI=1S/C24H28N2O4/c27-23(26-21-8-3-4-9-22(21)30-18-6-1-2-7-18)10-5-15-29-19-12-13-20-17(16-19)11-14-24(28)25-20/h3-4,8-9,12-13,16,18H,1-2,5-7,10-11,14-15H2,(H,25,28)(H,26,27). The van der Waals surface area contributed by atoms with Gasteiger partial charge in [-0.2, -0.15) is 0 Å². The second kappa shape index (κ2) is 9.65. The van der Waals surface area contributed by atoms with Gasteiger partial charge in [0.05, 0.1) is 18.4 Å². The van der Waals surface area contributed by atoms with Crippen molar-refractivity contribution >= 4 is 23.2 Å². The largest absolute Gasteiger partial charge is 0.494 e. The van der Waals surface area contributed by atoms with Gasteiger partial charge >= 0.3 is 0 Å². The minimum atomic E-state index is -0.0470. The van der Waals surface area contributed by atoms with Crippen LogP contribution >= 0.6 is 0 Å². The number of hydrogen-bond acceptors (Lipinski definition) is 4. The van der Waals surface area contributed by atoms with Crippen LogP contribution in [-0.4, -0.2) is 24.5 Å². The smallest absolute Gasteiger partial charge is 0.224 e. The van der Waals surface area contributed by atoms with E-state index in [1.807, 2.05) is 42.5 Å². The molecular formula is C24H28N2O4. The molecule has 0 aromatic heterocycles. The second-order valence-electron chi connectivity index (χ2n) is 7.89. The number of benzene rings is 2. The number of nitrogens with one attached hydrogen (secondary N) is 2. The number of carbonyl (C=O) groups is 2. The number of anilines is 2. The first-order valence-electron chi connectivity index (χ1n) is 10.8. The Hall–Kier alpha value is -3.02. The molecule has 0 radical (unpaired) electrons. The summed E-state index contributed by atoms with van der Waals surface area (Å²) < 4.78 is 11.9. The predicted molar refractivity (Wildman–Crippen MR) is 116 cm³/mol. The molecule has 6 heteroatoms. The lowest BCUT2D eigenvalue weighted by Crippen LogP contribution is -2.18. The Morgan fingerprint density at radius 3 is 2.80 bits per heavy atom. The lowest BCUT2D eigenvalue weighted by atomic mass is 10.0. The number of rotatable bonds is 8. The van der Waals surface area contributed by atoms with Crippen LogP contribution in [0.5, 0.6) is 11.5 Å². The summed E-state index contributed by atoms with van der Waals surface area (Å²) in [5.41, 5.74) is 2.67. The lowest BCUT2D eigenvalue weighted by molar-refractivity contribution is -0.117. The fourth-order valence-electron chi connectivity index (χ4n) is 3.94. The number of hydrogen-bond donors (Lipinski definition) is 2. The third-order valence-corrected chi connectivity index (χ3v) is 5.55. The molecule has 2 amide bonds. The van der Waals surface area contributed by atoms with Gasteiger partial charge in [0.25, 0.3) is 0 Å². The van der Waals surface area contributed by atoms with Crippen molar-refractivity contribution in [2.45, 2.75) is 57.5 Å². The Bertz CT molecular complexity index is 906. The van der Waals surface area contributed by atoms with Crippen LogP contribution in [0, 0.1) is 0 Å². The van der Waals surface area contributed by atoms with Crippen molar-refractivity contribution in [3.63, 3.8) is 0 Å². The van der Waals surface area contributed by atoms with Gasteiger partial charge in [-0.1, -0.05) is 12.1 Å². The zero-order valence-corrected chi connectivity index (χ0v) is 17.1. The van der Waals surface area contributed by atoms with Gasteiger partial charge in [-0.15, -0.1) is 0 Å². The Morgan fingerprint density at radius 2 is 1.93 bits per heavy atom. The summed E-state index contributed by atoms with van der Waals surface area (Å²) in [6, 6.07) is 13.3. The third kappa shape index (κ3) is 5.32. The maximum Gasteiger partial charge on any atom is 0.224 e. The second-order valence-corrected chi connectivity index (χ2v) is 7.89. The molecule has 0 atom stereocenters. The van der Waals surface area contributed by atoms with E-state index in [9.17, 15) is 9.59 Å². The van der Waals surface area contributed by atoms with Gasteiger partial charge in [0, 0.05) is 18.5 Å². The molecule has 2 N–H and O–H groups in total. The maximum atomic E-state index is 12.4. The van der Waals surface area contributed by atoms with E-state index < -0.39 is 0 Å². The normalized spacial score (nSPS) is 15.9. The van der Waals surface area contributed by atoms with Gasteiger partial charge in [-0.05, 0) is 74.4 Å². The molecular weight excluding hydrogens is 380 g/mol. The van der Waals surface area contributed by atoms with Crippen molar-refractivity contribution < 1.29 is 19.1 Å². The Balaban J connectivity index is 1.22. The van der Waals surface area contributed by atoms with Gasteiger partial charge in [0.2, 0.25) is 11.8 Å². The molecule has 1 heterocycles. The van der Waals surface area contributed by atoms with Crippen LogP contribution in [0.2, 0.25) is 0 Å². The number of ether oxygens (including phenoxy) is 2. The first-order chi connectivity index (χ1) is 14.7. The monoisotopic (exact) mass is 408 g/mol. The van der Waals surface area contributed by atoms with Gasteiger partial charge in [-0.3, -0.25) is 9.59 Å². The van der Waals surface area contributed by atoms with Crippen molar-refractivity contribution in [1.82, 2.24) is 0 Å². The zero-order valence-electron chi connectivity index (χ0n) is 17.1. The van der Waals surface area contributed by atoms with E-state index >= 15 is 0 Å². The van der Waals surface area contributed by atoms with E-state index in [-0.39, 0.29) is 17.9 Å². The van der Waals surface area contributed by atoms with E-state index in [2.05, 4.69) is 10.6 Å². The molecule has 1 saturated carbocycles. The van der Waals surface area contributed by atoms with E-state index in [0.717, 1.165) is 47.7 Å². The molecule has 158 valence electrons. The molecule has 0 bridgehead atoms. The lowest BCUT2D eigenvalue weighted by Gasteiger charge is -2.18. The molecule has 1 aliphatic heterocycles. The van der Waals surface area contributed by atoms with E-state index in [1.54, 1.807) is 0 Å². The summed E-state index contributed by atoms with van der Waals surface area (Å²) in [7, 11) is 0. The Kier molecular flexibility index (Phi) is 6.52. The maximum absolute atomic E-state index is 12.4. The van der Waals surface area contributed by atoms with Crippen molar-refractivity contribution in [3.8, 4) is 11.5 Å². The molecule has 1 aliphatic carbocycles. The number of amides is 2. The predicted octanol–water partition coefficient (Wildman–Crippen LogP) is 4.69. The van der Waals surface area contributed by atoms with Crippen LogP contribution in [-0.2, 0) is 16.0 Å². The first kappa shape index (κ1) is 20.3. The van der Waals surface area contributed by atoms with E-state index in [0.29, 0.717) is 25.9 Å². The van der Waals surface area contributed by atoms with Crippen LogP contribution in [0.3, 0.4) is 0 Å². The van der Waals surface area contributed by atoms with E-state index in [4.69, 9.17) is 9.47 Å². The van der Waals surface area contributed by atoms with Crippen LogP contribution in [0.4, 0.5) is 11.4 Å². The third-order valence-electron chi connectivity index (χ3n) is 5.55. The Labute approximate surface area is 177 Å². The van der Waals surface area contributed by atoms with Crippen molar-refractivity contribution in [3.05, 3.63) is 48.0 Å². The highest BCUT2D eigenvalue weighted by atomic mass is 16.5. The zero-order chi connectivity index (χ0) is 20.8. The molecule has 0 unspecified atom stereocenters. The highest BCUT2D eigenvalue weighted by molar-refractivity contribution is 5.94. The molecule has 0 spiro atoms. The minimum absolute atomic E-state index is 0.0470. The minimum Gasteiger partial charge on any atom is -0.494 e. The summed E-state index contributed by atoms with van der Waals surface area (Å²) >= 11 is 0. The van der Waals surface area contributed by atoms with Gasteiger partial charge < -0.3 is 20.1 Å². The van der Waals surface area contributed by atoms with Crippen LogP contribution in [0.1, 0.15) is 50.5 Å². The quantitative estimate of drug-likeness (QED) is 0.621. The van der Waals surface area contributed by atoms with Gasteiger partial charge in [-0.25, -0.2) is 0 Å². The molecule has 6 nitrogen and oxygen atoms in total. The fraction of sp³-hybridized carbons (Fsp3) is 0.417. The van der Waals surface area contributed by atoms with E-state index in [1.165, 1.54) is 12.8 Å². The molecule has 2 aromatic rings. The Morgan fingerprint density at radius 1 is 1.10 bits per heavy atom. The first-order valence-corrected chi connectivity index (χ1v) is 10.8. The number of aryl methyl sites for hydroxylation is 1. The van der Waals surface area contributed by atoms with Crippen molar-refractivity contribution in [1.29, 1.82) is 0 Å². The molecule has 2 aliphatic rings. The molecule has 30 heavy (non-hydrogen) atoms. The SMILES string of the molecule is O=C1CCc2cc(OCCCC(=O)Nc3ccccc3OC3CCCC3)ccc2N1. The molecule has 2 aromatic carbocycles. The average Bonchev–Trinajstić information content (AvgIpc) is 3.26. The van der Waals surface area contributed by atoms with Crippen LogP contribution in [0.25, 0.3) is 0 Å². The summed E-state index contributed by atoms with van der Waals surface area (Å²) in [5.74, 6) is 1.52. The van der Waals surface area contributed by atoms with Crippen molar-refractivity contribution in [2.75, 3.05) is 17.2 Å². The number of fused-ring (bicyclic) bond motifs is 1.